The van der Waals surface area contributed by atoms with Crippen LogP contribution in [0.3, 0.4) is 0 Å². The molecule has 0 atom stereocenters. The lowest BCUT2D eigenvalue weighted by Crippen LogP contribution is -2.29. The Kier molecular flexibility index (Phi) is 5.30. The van der Waals surface area contributed by atoms with E-state index in [1.807, 2.05) is 31.2 Å². The molecule has 0 saturated heterocycles. The van der Waals surface area contributed by atoms with Gasteiger partial charge in [0, 0.05) is 19.7 Å². The van der Waals surface area contributed by atoms with Crippen molar-refractivity contribution in [1.82, 2.24) is 15.1 Å². The molecule has 1 aromatic heterocycles. The lowest BCUT2D eigenvalue weighted by molar-refractivity contribution is 0.0944. The molecule has 22 heavy (non-hydrogen) atoms. The number of nitrogens with one attached hydrogen (secondary N) is 1. The van der Waals surface area contributed by atoms with Gasteiger partial charge in [-0.1, -0.05) is 12.1 Å². The van der Waals surface area contributed by atoms with Gasteiger partial charge in [-0.3, -0.25) is 9.59 Å². The summed E-state index contributed by atoms with van der Waals surface area (Å²) in [5.41, 5.74) is 1.12. The second-order valence-corrected chi connectivity index (χ2v) is 4.95. The zero-order valence-corrected chi connectivity index (χ0v) is 12.7. The van der Waals surface area contributed by atoms with Crippen LogP contribution >= 0.6 is 0 Å². The zero-order chi connectivity index (χ0) is 15.9. The molecule has 0 aliphatic carbocycles. The molecule has 1 aromatic carbocycles. The Bertz CT molecular complexity index is 710. The number of rotatable bonds is 6. The minimum atomic E-state index is -0.300. The summed E-state index contributed by atoms with van der Waals surface area (Å²) in [6.07, 6.45) is 0.686. The van der Waals surface area contributed by atoms with Crippen LogP contribution in [0.15, 0.2) is 41.2 Å². The first-order valence-electron chi connectivity index (χ1n) is 7.08. The number of carbonyl (C=O) groups is 1. The van der Waals surface area contributed by atoms with Crippen molar-refractivity contribution in [2.75, 3.05) is 13.2 Å². The molecule has 116 valence electrons. The number of benzene rings is 1. The largest absolute Gasteiger partial charge is 0.494 e. The van der Waals surface area contributed by atoms with Crippen LogP contribution in [0.25, 0.3) is 0 Å². The van der Waals surface area contributed by atoms with Crippen molar-refractivity contribution in [3.05, 3.63) is 58.0 Å². The molecule has 1 heterocycles. The van der Waals surface area contributed by atoms with E-state index in [-0.39, 0.29) is 17.2 Å². The molecule has 1 amide bonds. The van der Waals surface area contributed by atoms with Crippen LogP contribution < -0.4 is 15.6 Å². The second kappa shape index (κ2) is 7.40. The van der Waals surface area contributed by atoms with E-state index >= 15 is 0 Å². The topological polar surface area (TPSA) is 73.2 Å². The average Bonchev–Trinajstić information content (AvgIpc) is 2.49. The number of aryl methyl sites for hydroxylation is 2. The highest BCUT2D eigenvalue weighted by atomic mass is 16.5. The smallest absolute Gasteiger partial charge is 0.271 e. The Morgan fingerprint density at radius 3 is 2.86 bits per heavy atom. The van der Waals surface area contributed by atoms with Crippen LogP contribution in [0.2, 0.25) is 0 Å². The molecular formula is C16H19N3O3. The zero-order valence-electron chi connectivity index (χ0n) is 12.7. The monoisotopic (exact) mass is 301 g/mol. The first-order chi connectivity index (χ1) is 10.6. The molecule has 6 heteroatoms. The van der Waals surface area contributed by atoms with E-state index in [2.05, 4.69) is 10.4 Å². The first kappa shape index (κ1) is 15.8. The molecule has 0 radical (unpaired) electrons. The highest BCUT2D eigenvalue weighted by Crippen LogP contribution is 2.12. The quantitative estimate of drug-likeness (QED) is 0.816. The molecule has 0 aliphatic heterocycles. The van der Waals surface area contributed by atoms with Crippen LogP contribution in [0, 0.1) is 6.92 Å². The SMILES string of the molecule is Cc1cccc(OCCCNC(=O)c2ccc(=O)n(C)n2)c1. The molecule has 0 unspecified atom stereocenters. The summed E-state index contributed by atoms with van der Waals surface area (Å²) in [7, 11) is 1.51. The Morgan fingerprint density at radius 2 is 2.14 bits per heavy atom. The summed E-state index contributed by atoms with van der Waals surface area (Å²) in [4.78, 5) is 23.1. The summed E-state index contributed by atoms with van der Waals surface area (Å²) >= 11 is 0. The normalized spacial score (nSPS) is 10.3. The Labute approximate surface area is 128 Å². The minimum Gasteiger partial charge on any atom is -0.494 e. The molecule has 2 aromatic rings. The van der Waals surface area contributed by atoms with Crippen molar-refractivity contribution in [1.29, 1.82) is 0 Å². The molecule has 0 bridgehead atoms. The maximum Gasteiger partial charge on any atom is 0.271 e. The molecule has 0 fully saturated rings. The van der Waals surface area contributed by atoms with E-state index in [1.165, 1.54) is 19.2 Å². The van der Waals surface area contributed by atoms with Crippen molar-refractivity contribution < 1.29 is 9.53 Å². The van der Waals surface area contributed by atoms with Gasteiger partial charge in [-0.05, 0) is 37.1 Å². The Morgan fingerprint density at radius 1 is 1.32 bits per heavy atom. The third-order valence-electron chi connectivity index (χ3n) is 3.06. The highest BCUT2D eigenvalue weighted by molar-refractivity contribution is 5.91. The number of aromatic nitrogens is 2. The van der Waals surface area contributed by atoms with E-state index in [0.29, 0.717) is 19.6 Å². The molecule has 2 rings (SSSR count). The first-order valence-corrected chi connectivity index (χ1v) is 7.08. The van der Waals surface area contributed by atoms with Gasteiger partial charge in [0.2, 0.25) is 0 Å². The van der Waals surface area contributed by atoms with Gasteiger partial charge in [-0.2, -0.15) is 5.10 Å². The van der Waals surface area contributed by atoms with Crippen molar-refractivity contribution in [2.45, 2.75) is 13.3 Å². The maximum atomic E-state index is 11.9. The number of hydrogen-bond acceptors (Lipinski definition) is 4. The van der Waals surface area contributed by atoms with Gasteiger partial charge in [-0.25, -0.2) is 4.68 Å². The second-order valence-electron chi connectivity index (χ2n) is 4.95. The predicted octanol–water partition coefficient (Wildman–Crippen LogP) is 1.29. The molecular weight excluding hydrogens is 282 g/mol. The van der Waals surface area contributed by atoms with Crippen LogP contribution in [-0.4, -0.2) is 28.8 Å². The third-order valence-corrected chi connectivity index (χ3v) is 3.06. The summed E-state index contributed by atoms with van der Waals surface area (Å²) in [6, 6.07) is 10.6. The fourth-order valence-corrected chi connectivity index (χ4v) is 1.88. The van der Waals surface area contributed by atoms with Gasteiger partial charge in [0.15, 0.2) is 0 Å². The summed E-state index contributed by atoms with van der Waals surface area (Å²) < 4.78 is 6.73. The molecule has 6 nitrogen and oxygen atoms in total. The fraction of sp³-hybridized carbons (Fsp3) is 0.312. The van der Waals surface area contributed by atoms with Gasteiger partial charge in [0.05, 0.1) is 6.61 Å². The summed E-state index contributed by atoms with van der Waals surface area (Å²) in [5, 5.41) is 6.64. The number of ether oxygens (including phenoxy) is 1. The van der Waals surface area contributed by atoms with Crippen molar-refractivity contribution in [2.24, 2.45) is 7.05 Å². The van der Waals surface area contributed by atoms with Gasteiger partial charge in [0.25, 0.3) is 11.5 Å². The molecule has 0 aliphatic rings. The Balaban J connectivity index is 1.73. The molecule has 1 N–H and O–H groups in total. The van der Waals surface area contributed by atoms with Crippen LogP contribution in [0.1, 0.15) is 22.5 Å². The van der Waals surface area contributed by atoms with E-state index in [4.69, 9.17) is 4.74 Å². The van der Waals surface area contributed by atoms with E-state index in [0.717, 1.165) is 16.0 Å². The van der Waals surface area contributed by atoms with Gasteiger partial charge in [-0.15, -0.1) is 0 Å². The number of nitrogens with zero attached hydrogens (tertiary/aromatic N) is 2. The summed E-state index contributed by atoms with van der Waals surface area (Å²) in [6.45, 7) is 3.01. The maximum absolute atomic E-state index is 11.9. The van der Waals surface area contributed by atoms with Crippen LogP contribution in [-0.2, 0) is 7.05 Å². The van der Waals surface area contributed by atoms with Crippen LogP contribution in [0.4, 0.5) is 0 Å². The lowest BCUT2D eigenvalue weighted by atomic mass is 10.2. The number of amides is 1. The van der Waals surface area contributed by atoms with E-state index in [1.54, 1.807) is 0 Å². The van der Waals surface area contributed by atoms with E-state index < -0.39 is 0 Å². The third kappa shape index (κ3) is 4.44. The van der Waals surface area contributed by atoms with Crippen LogP contribution in [0.5, 0.6) is 5.75 Å². The fourth-order valence-electron chi connectivity index (χ4n) is 1.88. The number of carbonyl (C=O) groups excluding carboxylic acids is 1. The average molecular weight is 301 g/mol. The molecule has 0 spiro atoms. The van der Waals surface area contributed by atoms with Crippen molar-refractivity contribution in [3.8, 4) is 5.75 Å². The lowest BCUT2D eigenvalue weighted by Gasteiger charge is -2.08. The summed E-state index contributed by atoms with van der Waals surface area (Å²) in [5.74, 6) is 0.525. The predicted molar refractivity (Wildman–Crippen MR) is 83.1 cm³/mol. The molecule has 0 saturated carbocycles. The van der Waals surface area contributed by atoms with Gasteiger partial charge in [0.1, 0.15) is 11.4 Å². The Hall–Kier alpha value is -2.63. The van der Waals surface area contributed by atoms with Crippen molar-refractivity contribution in [3.63, 3.8) is 0 Å². The standard InChI is InChI=1S/C16H19N3O3/c1-12-5-3-6-13(11-12)22-10-4-9-17-16(21)14-7-8-15(20)19(2)18-14/h3,5-8,11H,4,9-10H2,1-2H3,(H,17,21). The highest BCUT2D eigenvalue weighted by Gasteiger charge is 2.07. The minimum absolute atomic E-state index is 0.224. The van der Waals surface area contributed by atoms with Gasteiger partial charge < -0.3 is 10.1 Å². The van der Waals surface area contributed by atoms with Crippen molar-refractivity contribution >= 4 is 5.91 Å². The number of hydrogen-bond donors (Lipinski definition) is 1. The van der Waals surface area contributed by atoms with E-state index in [9.17, 15) is 9.59 Å². The van der Waals surface area contributed by atoms with Gasteiger partial charge >= 0.3 is 0 Å².